The second kappa shape index (κ2) is 11.2. The molecule has 1 N–H and O–H groups in total. The van der Waals surface area contributed by atoms with Gasteiger partial charge in [0.05, 0.1) is 13.7 Å². The lowest BCUT2D eigenvalue weighted by atomic mass is 10.1. The van der Waals surface area contributed by atoms with Gasteiger partial charge in [-0.1, -0.05) is 30.3 Å². The van der Waals surface area contributed by atoms with Crippen LogP contribution >= 0.6 is 0 Å². The van der Waals surface area contributed by atoms with E-state index in [-0.39, 0.29) is 31.3 Å². The summed E-state index contributed by atoms with van der Waals surface area (Å²) in [6, 6.07) is 17.2. The number of benzene rings is 2. The van der Waals surface area contributed by atoms with E-state index in [1.54, 1.807) is 32.2 Å². The summed E-state index contributed by atoms with van der Waals surface area (Å²) in [6.45, 7) is 3.27. The molecule has 1 aliphatic carbocycles. The van der Waals surface area contributed by atoms with Crippen LogP contribution in [0.15, 0.2) is 71.3 Å². The molecule has 0 spiro atoms. The second-order valence-electron chi connectivity index (χ2n) is 8.88. The van der Waals surface area contributed by atoms with E-state index < -0.39 is 12.0 Å². The molecule has 0 radical (unpaired) electrons. The maximum Gasteiger partial charge on any atom is 0.329 e. The summed E-state index contributed by atoms with van der Waals surface area (Å²) in [7, 11) is 0. The number of rotatable bonds is 10. The number of nitrogens with zero attached hydrogens (tertiary/aromatic N) is 1. The monoisotopic (exact) mass is 478 g/mol. The largest absolute Gasteiger partial charge is 0.490 e. The number of hydrogen-bond donors (Lipinski definition) is 1. The molecule has 2 aromatic carbocycles. The molecule has 7 heteroatoms. The van der Waals surface area contributed by atoms with Crippen LogP contribution in [-0.2, 0) is 16.1 Å². The first-order chi connectivity index (χ1) is 17.2. The van der Waals surface area contributed by atoms with Crippen LogP contribution in [0.25, 0.3) is 11.3 Å². The second-order valence-corrected chi connectivity index (χ2v) is 8.88. The number of amides is 1. The van der Waals surface area contributed by atoms with Crippen molar-refractivity contribution in [3.63, 3.8) is 0 Å². The van der Waals surface area contributed by atoms with Gasteiger partial charge in [0.25, 0.3) is 5.91 Å². The van der Waals surface area contributed by atoms with Crippen molar-refractivity contribution < 1.29 is 30.0 Å². The fraction of sp³-hybridized carbons (Fsp3) is 0.357. The third-order valence-electron chi connectivity index (χ3n) is 6.10. The van der Waals surface area contributed by atoms with Gasteiger partial charge in [-0.25, -0.2) is 4.79 Å². The van der Waals surface area contributed by atoms with Crippen molar-refractivity contribution in [2.24, 2.45) is 0 Å². The SMILES string of the molecule is [2H]C(C)(C)N(Cc1ccccc1OC1CCC(OCC(=O)O)C1)C(=O)c1ccc(-c2ccco2)cc1. The summed E-state index contributed by atoms with van der Waals surface area (Å²) >= 11 is 0. The van der Waals surface area contributed by atoms with Gasteiger partial charge in [-0.15, -0.1) is 0 Å². The maximum atomic E-state index is 13.5. The zero-order chi connectivity index (χ0) is 25.7. The highest BCUT2D eigenvalue weighted by Crippen LogP contribution is 2.30. The van der Waals surface area contributed by atoms with E-state index in [2.05, 4.69) is 0 Å². The Bertz CT molecular complexity index is 1170. The van der Waals surface area contributed by atoms with Crippen molar-refractivity contribution >= 4 is 11.9 Å². The number of ether oxygens (including phenoxy) is 2. The predicted octanol–water partition coefficient (Wildman–Crippen LogP) is 5.40. The Kier molecular flexibility index (Phi) is 7.44. The minimum Gasteiger partial charge on any atom is -0.490 e. The molecule has 3 aromatic rings. The van der Waals surface area contributed by atoms with Gasteiger partial charge in [-0.05, 0) is 57.0 Å². The molecule has 1 heterocycles. The summed E-state index contributed by atoms with van der Waals surface area (Å²) in [6.07, 6.45) is 3.45. The van der Waals surface area contributed by atoms with Crippen molar-refractivity contribution in [1.29, 1.82) is 0 Å². The maximum absolute atomic E-state index is 13.5. The van der Waals surface area contributed by atoms with Crippen LogP contribution in [0.2, 0.25) is 0 Å². The lowest BCUT2D eigenvalue weighted by Crippen LogP contribution is -2.36. The Morgan fingerprint density at radius 3 is 2.51 bits per heavy atom. The van der Waals surface area contributed by atoms with E-state index in [0.29, 0.717) is 17.7 Å². The highest BCUT2D eigenvalue weighted by atomic mass is 16.5. The van der Waals surface area contributed by atoms with Crippen LogP contribution in [0.5, 0.6) is 5.75 Å². The van der Waals surface area contributed by atoms with Crippen molar-refractivity contribution in [2.45, 2.75) is 57.9 Å². The summed E-state index contributed by atoms with van der Waals surface area (Å²) in [5, 5.41) is 8.84. The van der Waals surface area contributed by atoms with Crippen LogP contribution in [-0.4, -0.2) is 46.7 Å². The van der Waals surface area contributed by atoms with E-state index in [1.165, 1.54) is 4.90 Å². The minimum absolute atomic E-state index is 0.104. The van der Waals surface area contributed by atoms with Gasteiger partial charge in [0.1, 0.15) is 24.2 Å². The number of para-hydroxylation sites is 1. The molecule has 0 bridgehead atoms. The Morgan fingerprint density at radius 1 is 1.09 bits per heavy atom. The van der Waals surface area contributed by atoms with Crippen molar-refractivity contribution in [3.8, 4) is 17.1 Å². The van der Waals surface area contributed by atoms with Gasteiger partial charge >= 0.3 is 5.97 Å². The normalized spacial score (nSPS) is 18.2. The van der Waals surface area contributed by atoms with Crippen LogP contribution in [0, 0.1) is 0 Å². The van der Waals surface area contributed by atoms with Crippen molar-refractivity contribution in [2.75, 3.05) is 6.61 Å². The average Bonchev–Trinajstić information content (AvgIpc) is 3.54. The molecule has 0 saturated heterocycles. The number of furan rings is 1. The van der Waals surface area contributed by atoms with Gasteiger partial charge in [-0.2, -0.15) is 0 Å². The number of hydrogen-bond acceptors (Lipinski definition) is 5. The first-order valence-corrected chi connectivity index (χ1v) is 11.7. The van der Waals surface area contributed by atoms with Gasteiger partial charge < -0.3 is 23.9 Å². The molecule has 184 valence electrons. The van der Waals surface area contributed by atoms with Crippen molar-refractivity contribution in [3.05, 3.63) is 78.1 Å². The highest BCUT2D eigenvalue weighted by Gasteiger charge is 2.28. The molecule has 35 heavy (non-hydrogen) atoms. The van der Waals surface area contributed by atoms with E-state index in [9.17, 15) is 9.59 Å². The smallest absolute Gasteiger partial charge is 0.329 e. The quantitative estimate of drug-likeness (QED) is 0.420. The van der Waals surface area contributed by atoms with E-state index in [0.717, 1.165) is 29.7 Å². The molecule has 4 rings (SSSR count). The Hall–Kier alpha value is -3.58. The average molecular weight is 479 g/mol. The van der Waals surface area contributed by atoms with Gasteiger partial charge in [-0.3, -0.25) is 4.79 Å². The van der Waals surface area contributed by atoms with Crippen molar-refractivity contribution in [1.82, 2.24) is 4.90 Å². The highest BCUT2D eigenvalue weighted by molar-refractivity contribution is 5.94. The molecule has 0 aliphatic heterocycles. The number of aliphatic carboxylic acids is 1. The summed E-state index contributed by atoms with van der Waals surface area (Å²) < 4.78 is 25.8. The predicted molar refractivity (Wildman–Crippen MR) is 131 cm³/mol. The molecule has 1 saturated carbocycles. The van der Waals surface area contributed by atoms with Crippen LogP contribution in [0.4, 0.5) is 0 Å². The molecule has 7 nitrogen and oxygen atoms in total. The molecule has 2 atom stereocenters. The van der Waals surface area contributed by atoms with E-state index >= 15 is 0 Å². The van der Waals surface area contributed by atoms with Crippen LogP contribution < -0.4 is 4.74 Å². The van der Waals surface area contributed by atoms with Gasteiger partial charge in [0.2, 0.25) is 0 Å². The van der Waals surface area contributed by atoms with Crippen LogP contribution in [0.3, 0.4) is 0 Å². The Labute approximate surface area is 206 Å². The van der Waals surface area contributed by atoms with Crippen LogP contribution in [0.1, 0.15) is 50.4 Å². The lowest BCUT2D eigenvalue weighted by Gasteiger charge is -2.28. The molecular weight excluding hydrogens is 446 g/mol. The van der Waals surface area contributed by atoms with Gasteiger partial charge in [0, 0.05) is 35.7 Å². The van der Waals surface area contributed by atoms with Gasteiger partial charge in [0.15, 0.2) is 0 Å². The number of carbonyl (C=O) groups is 2. The standard InChI is InChI=1S/C28H31NO6/c1-19(2)29(28(32)21-11-9-20(10-12-21)25-8-5-15-33-25)17-22-6-3-4-7-26(22)35-24-14-13-23(16-24)34-18-27(30)31/h3-12,15,19,23-24H,13-14,16-18H2,1-2H3,(H,30,31)/i19D. The molecule has 1 amide bonds. The fourth-order valence-electron chi connectivity index (χ4n) is 4.26. The minimum atomic E-state index is -1.17. The molecule has 1 aromatic heterocycles. The zero-order valence-electron chi connectivity index (χ0n) is 21.0. The summed E-state index contributed by atoms with van der Waals surface area (Å²) in [5.74, 6) is 0.138. The molecular formula is C28H31NO6. The molecule has 2 unspecified atom stereocenters. The fourth-order valence-corrected chi connectivity index (χ4v) is 4.26. The summed E-state index contributed by atoms with van der Waals surface area (Å²) in [5.41, 5.74) is 2.15. The first kappa shape index (κ1) is 23.2. The number of carbonyl (C=O) groups excluding carboxylic acids is 1. The molecule has 1 fully saturated rings. The number of carboxylic acid groups (broad SMARTS) is 1. The van der Waals surface area contributed by atoms with E-state index in [1.807, 2.05) is 48.5 Å². The lowest BCUT2D eigenvalue weighted by molar-refractivity contribution is -0.144. The third kappa shape index (κ3) is 6.31. The topological polar surface area (TPSA) is 89.2 Å². The number of carboxylic acids is 1. The third-order valence-corrected chi connectivity index (χ3v) is 6.10. The summed E-state index contributed by atoms with van der Waals surface area (Å²) in [4.78, 5) is 25.8. The zero-order valence-corrected chi connectivity index (χ0v) is 20.0. The first-order valence-electron chi connectivity index (χ1n) is 12.2. The van der Waals surface area contributed by atoms with E-state index in [4.69, 9.17) is 20.4 Å². The Morgan fingerprint density at radius 2 is 1.83 bits per heavy atom. The Balaban J connectivity index is 1.48. The molecule has 1 aliphatic rings.